The molecule has 1 aromatic rings. The highest BCUT2D eigenvalue weighted by molar-refractivity contribution is 5.32. The topological polar surface area (TPSA) is 22.1 Å². The first-order valence-electron chi connectivity index (χ1n) is 12.1. The van der Waals surface area contributed by atoms with Gasteiger partial charge in [-0.05, 0) is 92.6 Å². The molecule has 0 saturated heterocycles. The van der Waals surface area contributed by atoms with Gasteiger partial charge in [0.15, 0.2) is 0 Å². The van der Waals surface area contributed by atoms with Gasteiger partial charge in [-0.15, -0.1) is 0 Å². The second-order valence-corrected chi connectivity index (χ2v) is 10.7. The average Bonchev–Trinajstić information content (AvgIpc) is 3.13. The summed E-state index contributed by atoms with van der Waals surface area (Å²) in [5.41, 5.74) is 1.98. The standard InChI is InChI=1S/C27H37NO/c1-26-15-4-3-7-21(26)8-9-22-23(26)12-17-27(24(22)10-11-25(27)29-2)16-5-6-20-13-18-28-19-14-20/h13-14,18-19,21-25H,3-4,7-12,15-17H2,1-2H3/t21-,22+,23-,24-,25-,26-,27-/m0/s1. The van der Waals surface area contributed by atoms with Crippen molar-refractivity contribution in [1.82, 2.24) is 4.98 Å². The van der Waals surface area contributed by atoms with Gasteiger partial charge in [0.1, 0.15) is 0 Å². The Morgan fingerprint density at radius 1 is 1.00 bits per heavy atom. The Morgan fingerprint density at radius 2 is 1.86 bits per heavy atom. The van der Waals surface area contributed by atoms with Crippen molar-refractivity contribution in [3.05, 3.63) is 30.1 Å². The van der Waals surface area contributed by atoms with Crippen molar-refractivity contribution in [3.8, 4) is 11.8 Å². The third-order valence-electron chi connectivity index (χ3n) is 9.84. The van der Waals surface area contributed by atoms with E-state index in [1.807, 2.05) is 31.6 Å². The lowest BCUT2D eigenvalue weighted by Crippen LogP contribution is -2.54. The summed E-state index contributed by atoms with van der Waals surface area (Å²) in [5, 5.41) is 0. The molecule has 0 radical (unpaired) electrons. The normalized spacial score (nSPS) is 43.4. The zero-order valence-corrected chi connectivity index (χ0v) is 18.3. The second kappa shape index (κ2) is 7.73. The average molecular weight is 392 g/mol. The molecule has 0 bridgehead atoms. The van der Waals surface area contributed by atoms with E-state index in [1.54, 1.807) is 0 Å². The molecule has 5 rings (SSSR count). The highest BCUT2D eigenvalue weighted by atomic mass is 16.5. The van der Waals surface area contributed by atoms with Crippen molar-refractivity contribution in [3.63, 3.8) is 0 Å². The van der Waals surface area contributed by atoms with Gasteiger partial charge in [0, 0.05) is 36.9 Å². The molecule has 4 aliphatic carbocycles. The molecule has 4 fully saturated rings. The first-order valence-corrected chi connectivity index (χ1v) is 12.1. The molecular weight excluding hydrogens is 354 g/mol. The third kappa shape index (κ3) is 3.16. The van der Waals surface area contributed by atoms with Gasteiger partial charge in [0.25, 0.3) is 0 Å². The molecule has 1 aromatic heterocycles. The van der Waals surface area contributed by atoms with E-state index in [2.05, 4.69) is 23.7 Å². The van der Waals surface area contributed by atoms with Crippen molar-refractivity contribution in [1.29, 1.82) is 0 Å². The summed E-state index contributed by atoms with van der Waals surface area (Å²) >= 11 is 0. The summed E-state index contributed by atoms with van der Waals surface area (Å²) in [4.78, 5) is 4.12. The van der Waals surface area contributed by atoms with Crippen LogP contribution in [0.4, 0.5) is 0 Å². The number of hydrogen-bond donors (Lipinski definition) is 0. The summed E-state index contributed by atoms with van der Waals surface area (Å²) in [6.07, 6.45) is 19.3. The maximum Gasteiger partial charge on any atom is 0.0639 e. The van der Waals surface area contributed by atoms with Crippen LogP contribution in [-0.2, 0) is 4.74 Å². The van der Waals surface area contributed by atoms with Gasteiger partial charge in [-0.1, -0.05) is 31.6 Å². The fourth-order valence-electron chi connectivity index (χ4n) is 8.49. The van der Waals surface area contributed by atoms with Gasteiger partial charge < -0.3 is 4.74 Å². The molecule has 0 amide bonds. The number of methoxy groups -OCH3 is 1. The summed E-state index contributed by atoms with van der Waals surface area (Å²) in [6.45, 7) is 2.67. The van der Waals surface area contributed by atoms with E-state index in [1.165, 1.54) is 64.2 Å². The quantitative estimate of drug-likeness (QED) is 0.556. The molecule has 156 valence electrons. The van der Waals surface area contributed by atoms with Crippen LogP contribution in [0.15, 0.2) is 24.5 Å². The van der Waals surface area contributed by atoms with Crippen molar-refractivity contribution in [2.75, 3.05) is 7.11 Å². The van der Waals surface area contributed by atoms with Crippen LogP contribution in [0.1, 0.15) is 83.1 Å². The van der Waals surface area contributed by atoms with E-state index in [-0.39, 0.29) is 5.41 Å². The number of aromatic nitrogens is 1. The molecule has 7 atom stereocenters. The van der Waals surface area contributed by atoms with E-state index in [9.17, 15) is 0 Å². The van der Waals surface area contributed by atoms with E-state index >= 15 is 0 Å². The van der Waals surface area contributed by atoms with Gasteiger partial charge >= 0.3 is 0 Å². The van der Waals surface area contributed by atoms with Gasteiger partial charge in [-0.3, -0.25) is 4.98 Å². The van der Waals surface area contributed by atoms with Crippen LogP contribution in [0.3, 0.4) is 0 Å². The molecule has 0 spiro atoms. The largest absolute Gasteiger partial charge is 0.381 e. The summed E-state index contributed by atoms with van der Waals surface area (Å²) < 4.78 is 6.12. The first-order chi connectivity index (χ1) is 14.2. The van der Waals surface area contributed by atoms with Gasteiger partial charge in [-0.2, -0.15) is 0 Å². The van der Waals surface area contributed by atoms with Gasteiger partial charge in [0.05, 0.1) is 6.10 Å². The maximum absolute atomic E-state index is 6.12. The number of fused-ring (bicyclic) bond motifs is 5. The minimum atomic E-state index is 0.286. The van der Waals surface area contributed by atoms with Crippen LogP contribution in [-0.4, -0.2) is 18.2 Å². The van der Waals surface area contributed by atoms with Crippen LogP contribution in [0, 0.1) is 46.3 Å². The Balaban J connectivity index is 1.42. The van der Waals surface area contributed by atoms with Crippen LogP contribution in [0.2, 0.25) is 0 Å². The Bertz CT molecular complexity index is 779. The molecule has 0 aliphatic heterocycles. The SMILES string of the molecule is CO[C@H]1CC[C@H]2[C@@H]3CC[C@@H]4CCCC[C@]4(C)[C@H]3CC[C@]12CC#Cc1ccncc1. The molecule has 0 aromatic carbocycles. The lowest BCUT2D eigenvalue weighted by molar-refractivity contribution is -0.130. The van der Waals surface area contributed by atoms with Crippen molar-refractivity contribution in [2.24, 2.45) is 34.5 Å². The van der Waals surface area contributed by atoms with Crippen molar-refractivity contribution in [2.45, 2.75) is 83.7 Å². The molecule has 1 heterocycles. The fraction of sp³-hybridized carbons (Fsp3) is 0.741. The number of nitrogens with zero attached hydrogens (tertiary/aromatic N) is 1. The molecule has 4 aliphatic rings. The second-order valence-electron chi connectivity index (χ2n) is 10.7. The Labute approximate surface area is 177 Å². The van der Waals surface area contributed by atoms with Crippen LogP contribution < -0.4 is 0 Å². The van der Waals surface area contributed by atoms with Crippen molar-refractivity contribution < 1.29 is 4.74 Å². The number of pyridine rings is 1. The van der Waals surface area contributed by atoms with E-state index in [4.69, 9.17) is 4.74 Å². The smallest absolute Gasteiger partial charge is 0.0639 e. The molecule has 0 N–H and O–H groups in total. The Hall–Kier alpha value is -1.33. The maximum atomic E-state index is 6.12. The van der Waals surface area contributed by atoms with Gasteiger partial charge in [0.2, 0.25) is 0 Å². The minimum Gasteiger partial charge on any atom is -0.381 e. The molecular formula is C27H37NO. The monoisotopic (exact) mass is 391 g/mol. The minimum absolute atomic E-state index is 0.286. The van der Waals surface area contributed by atoms with Crippen LogP contribution in [0.25, 0.3) is 0 Å². The van der Waals surface area contributed by atoms with Crippen molar-refractivity contribution >= 4 is 0 Å². The third-order valence-corrected chi connectivity index (χ3v) is 9.84. The molecule has 2 nitrogen and oxygen atoms in total. The summed E-state index contributed by atoms with van der Waals surface area (Å²) in [7, 11) is 1.94. The molecule has 4 saturated carbocycles. The zero-order valence-electron chi connectivity index (χ0n) is 18.3. The predicted octanol–water partition coefficient (Wildman–Crippen LogP) is 6.25. The fourth-order valence-corrected chi connectivity index (χ4v) is 8.49. The first kappa shape index (κ1) is 19.6. The van der Waals surface area contributed by atoms with Crippen LogP contribution >= 0.6 is 0 Å². The highest BCUT2D eigenvalue weighted by Gasteiger charge is 2.61. The highest BCUT2D eigenvalue weighted by Crippen LogP contribution is 2.67. The Morgan fingerprint density at radius 3 is 2.69 bits per heavy atom. The van der Waals surface area contributed by atoms with Gasteiger partial charge in [-0.25, -0.2) is 0 Å². The number of ether oxygens (including phenoxy) is 1. The summed E-state index contributed by atoms with van der Waals surface area (Å²) in [6, 6.07) is 4.04. The number of hydrogen-bond acceptors (Lipinski definition) is 2. The molecule has 0 unspecified atom stereocenters. The van der Waals surface area contributed by atoms with E-state index in [0.29, 0.717) is 11.5 Å². The van der Waals surface area contributed by atoms with Crippen LogP contribution in [0.5, 0.6) is 0 Å². The zero-order chi connectivity index (χ0) is 19.9. The lowest BCUT2D eigenvalue weighted by atomic mass is 9.44. The van der Waals surface area contributed by atoms with E-state index in [0.717, 1.165) is 35.7 Å². The number of rotatable bonds is 2. The summed E-state index contributed by atoms with van der Waals surface area (Å²) in [5.74, 6) is 10.7. The predicted molar refractivity (Wildman–Crippen MR) is 117 cm³/mol. The lowest BCUT2D eigenvalue weighted by Gasteiger charge is -2.60. The van der Waals surface area contributed by atoms with E-state index < -0.39 is 0 Å². The Kier molecular flexibility index (Phi) is 5.23. The molecule has 29 heavy (non-hydrogen) atoms. The molecule has 2 heteroatoms.